The number of halogens is 1. The summed E-state index contributed by atoms with van der Waals surface area (Å²) in [5.41, 5.74) is 0. The molecule has 0 bridgehead atoms. The molecule has 0 aromatic carbocycles. The largest absolute Gasteiger partial charge is 0.467 e. The minimum absolute atomic E-state index is 0.390. The van der Waals surface area contributed by atoms with E-state index in [9.17, 15) is 4.79 Å². The maximum atomic E-state index is 10.4. The van der Waals surface area contributed by atoms with Crippen LogP contribution in [0.25, 0.3) is 0 Å². The van der Waals surface area contributed by atoms with Crippen molar-refractivity contribution in [1.82, 2.24) is 0 Å². The quantitative estimate of drug-likeness (QED) is 0.440. The highest BCUT2D eigenvalue weighted by molar-refractivity contribution is 8.01. The summed E-state index contributed by atoms with van der Waals surface area (Å²) < 4.78 is 3.76. The fraction of sp³-hybridized carbons (Fsp3) is 0.750. The summed E-state index contributed by atoms with van der Waals surface area (Å²) >= 11 is 6.65. The molecule has 1 atom stereocenters. The van der Waals surface area contributed by atoms with Gasteiger partial charge in [0.1, 0.15) is 0 Å². The van der Waals surface area contributed by atoms with Gasteiger partial charge in [-0.15, -0.1) is 11.8 Å². The molecule has 0 aliphatic heterocycles. The lowest BCUT2D eigenvalue weighted by Crippen LogP contribution is -2.11. The Bertz CT molecular complexity index is 86.1. The molecule has 0 saturated carbocycles. The second-order valence-corrected chi connectivity index (χ2v) is 2.71. The van der Waals surface area contributed by atoms with E-state index in [2.05, 4.69) is 4.74 Å². The van der Waals surface area contributed by atoms with Gasteiger partial charge in [-0.1, -0.05) is 11.6 Å². The highest BCUT2D eigenvalue weighted by atomic mass is 35.5. The fourth-order valence-electron chi connectivity index (χ4n) is 0.189. The maximum Gasteiger partial charge on any atom is 0.334 e. The SMILES string of the molecule is COC(=O)C(Cl)SC. The summed E-state index contributed by atoms with van der Waals surface area (Å²) in [6.07, 6.45) is 1.74. The molecule has 0 aliphatic carbocycles. The normalized spacial score (nSPS) is 12.9. The summed E-state index contributed by atoms with van der Waals surface area (Å²) in [5.74, 6) is -0.390. The number of methoxy groups -OCH3 is 1. The third kappa shape index (κ3) is 2.43. The number of esters is 1. The Balaban J connectivity index is 3.46. The van der Waals surface area contributed by atoms with Crippen LogP contribution in [0.1, 0.15) is 0 Å². The van der Waals surface area contributed by atoms with Gasteiger partial charge < -0.3 is 4.74 Å². The molecule has 4 heteroatoms. The van der Waals surface area contributed by atoms with Gasteiger partial charge in [0.05, 0.1) is 7.11 Å². The molecular weight excluding hydrogens is 148 g/mol. The van der Waals surface area contributed by atoms with E-state index < -0.39 is 4.71 Å². The Labute approximate surface area is 57.5 Å². The third-order valence-electron chi connectivity index (χ3n) is 0.593. The van der Waals surface area contributed by atoms with E-state index in [4.69, 9.17) is 11.6 Å². The summed E-state index contributed by atoms with van der Waals surface area (Å²) in [5, 5.41) is 0. The van der Waals surface area contributed by atoms with E-state index in [1.54, 1.807) is 6.26 Å². The van der Waals surface area contributed by atoms with Crippen LogP contribution in [0.4, 0.5) is 0 Å². The summed E-state index contributed by atoms with van der Waals surface area (Å²) in [6, 6.07) is 0. The van der Waals surface area contributed by atoms with Crippen molar-refractivity contribution in [2.45, 2.75) is 4.71 Å². The second kappa shape index (κ2) is 4.04. The molecule has 8 heavy (non-hydrogen) atoms. The van der Waals surface area contributed by atoms with Crippen molar-refractivity contribution < 1.29 is 9.53 Å². The molecule has 0 rings (SSSR count). The Morgan fingerprint density at radius 2 is 2.38 bits per heavy atom. The molecule has 0 aliphatic rings. The van der Waals surface area contributed by atoms with E-state index in [1.807, 2.05) is 0 Å². The fourth-order valence-corrected chi connectivity index (χ4v) is 0.567. The molecule has 0 amide bonds. The molecule has 0 aromatic heterocycles. The van der Waals surface area contributed by atoms with Gasteiger partial charge in [0.2, 0.25) is 0 Å². The maximum absolute atomic E-state index is 10.4. The first-order valence-electron chi connectivity index (χ1n) is 1.97. The van der Waals surface area contributed by atoms with Crippen LogP contribution in [0.3, 0.4) is 0 Å². The van der Waals surface area contributed by atoms with Crippen molar-refractivity contribution >= 4 is 29.3 Å². The van der Waals surface area contributed by atoms with E-state index >= 15 is 0 Å². The number of rotatable bonds is 2. The molecule has 0 heterocycles. The van der Waals surface area contributed by atoms with Crippen molar-refractivity contribution in [3.63, 3.8) is 0 Å². The molecule has 0 N–H and O–H groups in total. The first-order chi connectivity index (χ1) is 3.72. The molecule has 0 saturated heterocycles. The van der Waals surface area contributed by atoms with E-state index in [0.29, 0.717) is 0 Å². The number of alkyl halides is 1. The molecule has 0 spiro atoms. The van der Waals surface area contributed by atoms with Crippen LogP contribution >= 0.6 is 23.4 Å². The van der Waals surface area contributed by atoms with Gasteiger partial charge in [0.15, 0.2) is 4.71 Å². The van der Waals surface area contributed by atoms with Gasteiger partial charge in [-0.05, 0) is 6.26 Å². The van der Waals surface area contributed by atoms with Crippen molar-refractivity contribution in [2.75, 3.05) is 13.4 Å². The number of hydrogen-bond acceptors (Lipinski definition) is 3. The summed E-state index contributed by atoms with van der Waals surface area (Å²) in [7, 11) is 1.31. The van der Waals surface area contributed by atoms with Crippen molar-refractivity contribution in [3.05, 3.63) is 0 Å². The van der Waals surface area contributed by atoms with Crippen molar-refractivity contribution in [1.29, 1.82) is 0 Å². The van der Waals surface area contributed by atoms with E-state index in [1.165, 1.54) is 18.9 Å². The summed E-state index contributed by atoms with van der Waals surface area (Å²) in [4.78, 5) is 10.4. The Kier molecular flexibility index (Phi) is 4.09. The van der Waals surface area contributed by atoms with Crippen LogP contribution < -0.4 is 0 Å². The van der Waals surface area contributed by atoms with Crippen LogP contribution in [0.2, 0.25) is 0 Å². The zero-order valence-corrected chi connectivity index (χ0v) is 6.25. The van der Waals surface area contributed by atoms with Gasteiger partial charge in [-0.3, -0.25) is 0 Å². The number of hydrogen-bond donors (Lipinski definition) is 0. The predicted molar refractivity (Wildman–Crippen MR) is 35.2 cm³/mol. The third-order valence-corrected chi connectivity index (χ3v) is 1.91. The second-order valence-electron chi connectivity index (χ2n) is 1.07. The zero-order chi connectivity index (χ0) is 6.57. The van der Waals surface area contributed by atoms with Gasteiger partial charge in [-0.2, -0.15) is 0 Å². The monoisotopic (exact) mass is 154 g/mol. The smallest absolute Gasteiger partial charge is 0.334 e. The predicted octanol–water partition coefficient (Wildman–Crippen LogP) is 1.09. The van der Waals surface area contributed by atoms with E-state index in [-0.39, 0.29) is 5.97 Å². The van der Waals surface area contributed by atoms with Crippen LogP contribution in [0.15, 0.2) is 0 Å². The Morgan fingerprint density at radius 3 is 2.50 bits per heavy atom. The van der Waals surface area contributed by atoms with Crippen LogP contribution in [-0.4, -0.2) is 24.0 Å². The van der Waals surface area contributed by atoms with Gasteiger partial charge in [0.25, 0.3) is 0 Å². The lowest BCUT2D eigenvalue weighted by atomic mass is 10.8. The van der Waals surface area contributed by atoms with Gasteiger partial charge in [0, 0.05) is 0 Å². The topological polar surface area (TPSA) is 26.3 Å². The van der Waals surface area contributed by atoms with Crippen LogP contribution in [0.5, 0.6) is 0 Å². The van der Waals surface area contributed by atoms with Crippen molar-refractivity contribution in [3.8, 4) is 0 Å². The van der Waals surface area contributed by atoms with Crippen LogP contribution in [0, 0.1) is 0 Å². The molecule has 0 aromatic rings. The molecule has 48 valence electrons. The number of carbonyl (C=O) groups is 1. The lowest BCUT2D eigenvalue weighted by Gasteiger charge is -2.00. The molecule has 0 radical (unpaired) electrons. The first-order valence-corrected chi connectivity index (χ1v) is 3.69. The number of thioether (sulfide) groups is 1. The highest BCUT2D eigenvalue weighted by Gasteiger charge is 2.11. The molecule has 2 nitrogen and oxygen atoms in total. The molecule has 0 fully saturated rings. The minimum Gasteiger partial charge on any atom is -0.467 e. The Morgan fingerprint density at radius 1 is 1.88 bits per heavy atom. The zero-order valence-electron chi connectivity index (χ0n) is 4.68. The first kappa shape index (κ1) is 8.11. The number of ether oxygens (including phenoxy) is 1. The van der Waals surface area contributed by atoms with E-state index in [0.717, 1.165) is 0 Å². The summed E-state index contributed by atoms with van der Waals surface area (Å²) in [6.45, 7) is 0. The highest BCUT2D eigenvalue weighted by Crippen LogP contribution is 2.11. The number of carbonyl (C=O) groups excluding carboxylic acids is 1. The standard InChI is InChI=1S/C4H7ClO2S/c1-7-4(6)3(5)8-2/h3H,1-2H3. The minimum atomic E-state index is -0.556. The molecular formula is C4H7ClO2S. The average molecular weight is 155 g/mol. The molecule has 1 unspecified atom stereocenters. The van der Waals surface area contributed by atoms with Crippen LogP contribution in [-0.2, 0) is 9.53 Å². The van der Waals surface area contributed by atoms with Gasteiger partial charge >= 0.3 is 5.97 Å². The van der Waals surface area contributed by atoms with Crippen molar-refractivity contribution in [2.24, 2.45) is 0 Å². The Hall–Kier alpha value is 0.110. The lowest BCUT2D eigenvalue weighted by molar-refractivity contribution is -0.138. The average Bonchev–Trinajstić information content (AvgIpc) is 1.84. The van der Waals surface area contributed by atoms with Gasteiger partial charge in [-0.25, -0.2) is 4.79 Å².